The molecule has 0 aliphatic rings. The molecule has 10 aromatic rings. The maximum absolute atomic E-state index is 6.97. The highest BCUT2D eigenvalue weighted by Crippen LogP contribution is 2.42. The molecule has 10 rings (SSSR count). The maximum Gasteiger partial charge on any atom is 0.221 e. The Hall–Kier alpha value is -6.53. The summed E-state index contributed by atoms with van der Waals surface area (Å²) in [6, 6.07) is 48.3. The van der Waals surface area contributed by atoms with Crippen LogP contribution in [0.25, 0.3) is 77.2 Å². The van der Waals surface area contributed by atoms with Crippen LogP contribution in [0.1, 0.15) is 26.3 Å². The van der Waals surface area contributed by atoms with Crippen LogP contribution in [0.5, 0.6) is 11.6 Å². The zero-order valence-corrected chi connectivity index (χ0v) is 28.5. The Kier molecular flexibility index (Phi) is 6.33. The molecule has 0 N–H and O–H groups in total. The first-order chi connectivity index (χ1) is 24.9. The van der Waals surface area contributed by atoms with E-state index in [1.165, 1.54) is 5.56 Å². The normalized spacial score (nSPS) is 12.2. The minimum absolute atomic E-state index is 0.00322. The second-order valence-corrected chi connectivity index (χ2v) is 14.2. The lowest BCUT2D eigenvalue weighted by atomic mass is 9.88. The number of aromatic nitrogens is 5. The number of hydrogen-bond donors (Lipinski definition) is 0. The zero-order valence-electron chi connectivity index (χ0n) is 28.5. The Labute approximate surface area is 294 Å². The molecule has 0 saturated heterocycles. The Morgan fingerprint density at radius 2 is 1.29 bits per heavy atom. The van der Waals surface area contributed by atoms with E-state index in [1.54, 1.807) is 0 Å². The fourth-order valence-electron chi connectivity index (χ4n) is 7.47. The molecular formula is C45H33N5O. The van der Waals surface area contributed by atoms with E-state index in [4.69, 9.17) is 19.7 Å². The fourth-order valence-corrected chi connectivity index (χ4v) is 7.47. The summed E-state index contributed by atoms with van der Waals surface area (Å²) in [4.78, 5) is 15.4. The topological polar surface area (TPSA) is 57.2 Å². The van der Waals surface area contributed by atoms with Crippen LogP contribution in [0.2, 0.25) is 0 Å². The smallest absolute Gasteiger partial charge is 0.221 e. The van der Waals surface area contributed by atoms with E-state index < -0.39 is 0 Å². The standard InChI is InChI=1S/C45H33N5O/c1-45(2,3)29-21-23-35(46-27-29)28-25-34-42(33-16-8-11-19-38(33)50-39-20-12-9-17-36(39)47-44(34)50)40(26-28)51-41-24-22-32-31-15-7-10-18-37(31)49(43(32)48-41)30-13-5-4-6-14-30/h4-27H,1-3H3. The van der Waals surface area contributed by atoms with Crippen LogP contribution in [-0.4, -0.2) is 23.9 Å². The van der Waals surface area contributed by atoms with Crippen LogP contribution in [0.4, 0.5) is 0 Å². The Balaban J connectivity index is 1.25. The number of fused-ring (bicyclic) bond motifs is 11. The van der Waals surface area contributed by atoms with Crippen LogP contribution in [-0.2, 0) is 5.41 Å². The van der Waals surface area contributed by atoms with Gasteiger partial charge < -0.3 is 4.74 Å². The Morgan fingerprint density at radius 1 is 0.569 bits per heavy atom. The Bertz CT molecular complexity index is 2970. The number of hydrogen-bond acceptors (Lipinski definition) is 4. The van der Waals surface area contributed by atoms with Gasteiger partial charge in [-0.25, -0.2) is 4.98 Å². The van der Waals surface area contributed by atoms with Gasteiger partial charge in [-0.15, -0.1) is 0 Å². The van der Waals surface area contributed by atoms with Gasteiger partial charge in [-0.1, -0.05) is 93.6 Å². The van der Waals surface area contributed by atoms with Crippen molar-refractivity contribution in [1.29, 1.82) is 0 Å². The molecule has 0 atom stereocenters. The van der Waals surface area contributed by atoms with Crippen molar-refractivity contribution in [1.82, 2.24) is 23.9 Å². The third-order valence-electron chi connectivity index (χ3n) is 9.97. The number of imidazole rings is 1. The van der Waals surface area contributed by atoms with Gasteiger partial charge in [0.05, 0.1) is 27.8 Å². The van der Waals surface area contributed by atoms with Crippen molar-refractivity contribution in [3.8, 4) is 28.6 Å². The van der Waals surface area contributed by atoms with Crippen molar-refractivity contribution >= 4 is 60.3 Å². The van der Waals surface area contributed by atoms with Crippen LogP contribution < -0.4 is 4.74 Å². The molecule has 5 aromatic heterocycles. The summed E-state index contributed by atoms with van der Waals surface area (Å²) in [5.41, 5.74) is 9.91. The summed E-state index contributed by atoms with van der Waals surface area (Å²) < 4.78 is 11.4. The first-order valence-corrected chi connectivity index (χ1v) is 17.3. The molecule has 0 fully saturated rings. The molecule has 5 heterocycles. The van der Waals surface area contributed by atoms with Crippen LogP contribution in [0.15, 0.2) is 146 Å². The molecule has 0 amide bonds. The monoisotopic (exact) mass is 659 g/mol. The van der Waals surface area contributed by atoms with E-state index in [1.807, 2.05) is 24.4 Å². The lowest BCUT2D eigenvalue weighted by Crippen LogP contribution is -2.11. The molecular weight excluding hydrogens is 627 g/mol. The van der Waals surface area contributed by atoms with Crippen molar-refractivity contribution in [2.24, 2.45) is 0 Å². The van der Waals surface area contributed by atoms with Crippen molar-refractivity contribution in [2.45, 2.75) is 26.2 Å². The summed E-state index contributed by atoms with van der Waals surface area (Å²) in [5, 5.41) is 5.25. The highest BCUT2D eigenvalue weighted by molar-refractivity contribution is 6.17. The summed E-state index contributed by atoms with van der Waals surface area (Å²) in [7, 11) is 0. The van der Waals surface area contributed by atoms with Crippen molar-refractivity contribution < 1.29 is 4.74 Å². The third kappa shape index (κ3) is 4.60. The number of para-hydroxylation sites is 5. The molecule has 51 heavy (non-hydrogen) atoms. The number of nitrogens with zero attached hydrogens (tertiary/aromatic N) is 5. The van der Waals surface area contributed by atoms with E-state index in [2.05, 4.69) is 151 Å². The molecule has 0 saturated carbocycles. The number of pyridine rings is 3. The zero-order chi connectivity index (χ0) is 34.3. The predicted molar refractivity (Wildman–Crippen MR) is 208 cm³/mol. The molecule has 6 heteroatoms. The van der Waals surface area contributed by atoms with Gasteiger partial charge in [-0.3, -0.25) is 14.0 Å². The Morgan fingerprint density at radius 3 is 2.08 bits per heavy atom. The van der Waals surface area contributed by atoms with E-state index in [9.17, 15) is 0 Å². The third-order valence-corrected chi connectivity index (χ3v) is 9.97. The SMILES string of the molecule is CC(C)(C)c1ccc(-c2cc(Oc3ccc4c5ccccc5n(-c5ccccc5)c4n3)c3c4ccccc4n4c5ccccc5nc4c3c2)nc1. The van der Waals surface area contributed by atoms with E-state index in [0.29, 0.717) is 11.6 Å². The van der Waals surface area contributed by atoms with Crippen LogP contribution in [0.3, 0.4) is 0 Å². The molecule has 244 valence electrons. The largest absolute Gasteiger partial charge is 0.438 e. The van der Waals surface area contributed by atoms with Crippen molar-refractivity contribution in [3.05, 3.63) is 151 Å². The van der Waals surface area contributed by atoms with Crippen LogP contribution >= 0.6 is 0 Å². The summed E-state index contributed by atoms with van der Waals surface area (Å²) in [6.45, 7) is 6.62. The maximum atomic E-state index is 6.97. The van der Waals surface area contributed by atoms with Gasteiger partial charge in [0.15, 0.2) is 0 Å². The predicted octanol–water partition coefficient (Wildman–Crippen LogP) is 11.4. The molecule has 0 unspecified atom stereocenters. The van der Waals surface area contributed by atoms with Crippen LogP contribution in [0, 0.1) is 0 Å². The quantitative estimate of drug-likeness (QED) is 0.176. The lowest BCUT2D eigenvalue weighted by molar-refractivity contribution is 0.470. The summed E-state index contributed by atoms with van der Waals surface area (Å²) in [6.07, 6.45) is 1.98. The van der Waals surface area contributed by atoms with Gasteiger partial charge in [0, 0.05) is 50.4 Å². The highest BCUT2D eigenvalue weighted by Gasteiger charge is 2.21. The van der Waals surface area contributed by atoms with Gasteiger partial charge in [0.1, 0.15) is 17.0 Å². The molecule has 0 aliphatic carbocycles. The molecule has 0 radical (unpaired) electrons. The second kappa shape index (κ2) is 11.0. The van der Waals surface area contributed by atoms with Gasteiger partial charge >= 0.3 is 0 Å². The lowest BCUT2D eigenvalue weighted by Gasteiger charge is -2.19. The van der Waals surface area contributed by atoms with Gasteiger partial charge in [-0.2, -0.15) is 4.98 Å². The number of rotatable bonds is 4. The minimum atomic E-state index is -0.00322. The van der Waals surface area contributed by atoms with Crippen molar-refractivity contribution in [3.63, 3.8) is 0 Å². The van der Waals surface area contributed by atoms with Gasteiger partial charge in [-0.05, 0) is 71.6 Å². The fraction of sp³-hybridized carbons (Fsp3) is 0.0889. The molecule has 5 aromatic carbocycles. The molecule has 0 aliphatic heterocycles. The van der Waals surface area contributed by atoms with E-state index >= 15 is 0 Å². The summed E-state index contributed by atoms with van der Waals surface area (Å²) in [5.74, 6) is 1.21. The van der Waals surface area contributed by atoms with Gasteiger partial charge in [0.25, 0.3) is 0 Å². The highest BCUT2D eigenvalue weighted by atomic mass is 16.5. The molecule has 0 spiro atoms. The van der Waals surface area contributed by atoms with E-state index in [0.717, 1.165) is 77.2 Å². The molecule has 0 bridgehead atoms. The second-order valence-electron chi connectivity index (χ2n) is 14.2. The minimum Gasteiger partial charge on any atom is -0.438 e. The van der Waals surface area contributed by atoms with E-state index in [-0.39, 0.29) is 5.41 Å². The number of benzene rings is 5. The first-order valence-electron chi connectivity index (χ1n) is 17.3. The molecule has 6 nitrogen and oxygen atoms in total. The first kappa shape index (κ1) is 29.4. The van der Waals surface area contributed by atoms with Gasteiger partial charge in [0.2, 0.25) is 5.88 Å². The van der Waals surface area contributed by atoms with Crippen molar-refractivity contribution in [2.75, 3.05) is 0 Å². The number of ether oxygens (including phenoxy) is 1. The average Bonchev–Trinajstić information content (AvgIpc) is 3.71. The summed E-state index contributed by atoms with van der Waals surface area (Å²) >= 11 is 0. The average molecular weight is 660 g/mol.